The van der Waals surface area contributed by atoms with Crippen LogP contribution in [0.1, 0.15) is 6.92 Å². The third kappa shape index (κ3) is 5.39. The molecule has 0 bridgehead atoms. The Kier molecular flexibility index (Phi) is 4.11. The van der Waals surface area contributed by atoms with E-state index < -0.39 is 16.2 Å². The van der Waals surface area contributed by atoms with Crippen molar-refractivity contribution in [2.75, 3.05) is 12.9 Å². The number of benzene rings is 1. The third-order valence-corrected chi connectivity index (χ3v) is 2.25. The van der Waals surface area contributed by atoms with Gasteiger partial charge in [-0.2, -0.15) is 8.42 Å². The first kappa shape index (κ1) is 12.0. The maximum Gasteiger partial charge on any atom is 0.264 e. The Morgan fingerprint density at radius 3 is 2.40 bits per heavy atom. The Bertz CT molecular complexity index is 385. The van der Waals surface area contributed by atoms with Crippen molar-refractivity contribution in [2.45, 2.75) is 13.0 Å². The van der Waals surface area contributed by atoms with E-state index in [4.69, 9.17) is 8.92 Å². The normalized spacial score (nSPS) is 13.5. The lowest BCUT2D eigenvalue weighted by Gasteiger charge is -2.12. The molecule has 0 aliphatic carbocycles. The summed E-state index contributed by atoms with van der Waals surface area (Å²) in [6.45, 7) is 1.85. The fraction of sp³-hybridized carbons (Fsp3) is 0.400. The Morgan fingerprint density at radius 2 is 1.87 bits per heavy atom. The second kappa shape index (κ2) is 5.14. The Balaban J connectivity index is 2.38. The average molecular weight is 230 g/mol. The Hall–Kier alpha value is -1.07. The van der Waals surface area contributed by atoms with E-state index in [9.17, 15) is 8.42 Å². The van der Waals surface area contributed by atoms with Crippen molar-refractivity contribution in [2.24, 2.45) is 0 Å². The molecule has 0 radical (unpaired) electrons. The largest absolute Gasteiger partial charge is 0.491 e. The van der Waals surface area contributed by atoms with Crippen LogP contribution in [0.5, 0.6) is 5.75 Å². The summed E-state index contributed by atoms with van der Waals surface area (Å²) >= 11 is 0. The van der Waals surface area contributed by atoms with Crippen LogP contribution in [0.15, 0.2) is 30.3 Å². The molecule has 5 heteroatoms. The molecule has 1 aromatic rings. The van der Waals surface area contributed by atoms with Crippen LogP contribution in [0.25, 0.3) is 0 Å². The summed E-state index contributed by atoms with van der Waals surface area (Å²) in [4.78, 5) is 0. The summed E-state index contributed by atoms with van der Waals surface area (Å²) in [5.41, 5.74) is 0. The maximum absolute atomic E-state index is 10.8. The van der Waals surface area contributed by atoms with Crippen molar-refractivity contribution in [1.82, 2.24) is 0 Å². The van der Waals surface area contributed by atoms with E-state index in [2.05, 4.69) is 0 Å². The van der Waals surface area contributed by atoms with Gasteiger partial charge in [-0.3, -0.25) is 4.18 Å². The molecular weight excluding hydrogens is 216 g/mol. The van der Waals surface area contributed by atoms with Crippen LogP contribution in [0.2, 0.25) is 0 Å². The minimum atomic E-state index is -3.41. The second-order valence-corrected chi connectivity index (χ2v) is 4.84. The molecule has 4 nitrogen and oxygen atoms in total. The highest BCUT2D eigenvalue weighted by molar-refractivity contribution is 7.86. The monoisotopic (exact) mass is 230 g/mol. The van der Waals surface area contributed by atoms with Gasteiger partial charge in [0.2, 0.25) is 0 Å². The summed E-state index contributed by atoms with van der Waals surface area (Å²) in [5.74, 6) is 0.696. The lowest BCUT2D eigenvalue weighted by molar-refractivity contribution is 0.150. The molecule has 0 N–H and O–H groups in total. The molecule has 0 saturated heterocycles. The molecule has 0 aliphatic rings. The topological polar surface area (TPSA) is 52.6 Å². The zero-order valence-electron chi connectivity index (χ0n) is 8.71. The molecular formula is C10H14O4S. The standard InChI is InChI=1S/C10H14O4S/c1-9(14-15(2,11)12)8-13-10-6-4-3-5-7-10/h3-7,9H,8H2,1-2H3. The molecule has 0 heterocycles. The molecule has 0 aromatic heterocycles. The molecule has 84 valence electrons. The molecule has 0 amide bonds. The van der Waals surface area contributed by atoms with Crippen molar-refractivity contribution in [3.8, 4) is 5.75 Å². The third-order valence-electron chi connectivity index (χ3n) is 1.57. The number of rotatable bonds is 5. The molecule has 1 unspecified atom stereocenters. The molecule has 15 heavy (non-hydrogen) atoms. The number of ether oxygens (including phenoxy) is 1. The van der Waals surface area contributed by atoms with Crippen LogP contribution in [0.3, 0.4) is 0 Å². The van der Waals surface area contributed by atoms with Crippen LogP contribution in [0, 0.1) is 0 Å². The summed E-state index contributed by atoms with van der Waals surface area (Å²) in [6, 6.07) is 9.17. The molecule has 0 fully saturated rings. The predicted molar refractivity (Wildman–Crippen MR) is 57.3 cm³/mol. The average Bonchev–Trinajstić information content (AvgIpc) is 2.14. The lowest BCUT2D eigenvalue weighted by Crippen LogP contribution is -2.21. The van der Waals surface area contributed by atoms with Crippen LogP contribution in [0.4, 0.5) is 0 Å². The van der Waals surface area contributed by atoms with E-state index >= 15 is 0 Å². The van der Waals surface area contributed by atoms with Gasteiger partial charge in [-0.15, -0.1) is 0 Å². The highest BCUT2D eigenvalue weighted by Gasteiger charge is 2.10. The van der Waals surface area contributed by atoms with Gasteiger partial charge in [0.15, 0.2) is 0 Å². The van der Waals surface area contributed by atoms with Gasteiger partial charge in [0.05, 0.1) is 6.26 Å². The molecule has 0 saturated carbocycles. The lowest BCUT2D eigenvalue weighted by atomic mass is 10.3. The molecule has 1 rings (SSSR count). The fourth-order valence-corrected chi connectivity index (χ4v) is 1.71. The van der Waals surface area contributed by atoms with Gasteiger partial charge >= 0.3 is 0 Å². The first-order valence-corrected chi connectivity index (χ1v) is 6.35. The first-order chi connectivity index (χ1) is 6.97. The highest BCUT2D eigenvalue weighted by atomic mass is 32.2. The van der Waals surface area contributed by atoms with Crippen LogP contribution in [-0.4, -0.2) is 27.4 Å². The maximum atomic E-state index is 10.8. The first-order valence-electron chi connectivity index (χ1n) is 4.53. The zero-order valence-corrected chi connectivity index (χ0v) is 9.53. The van der Waals surface area contributed by atoms with Crippen LogP contribution < -0.4 is 4.74 Å². The van der Waals surface area contributed by atoms with E-state index in [1.807, 2.05) is 18.2 Å². The van der Waals surface area contributed by atoms with E-state index in [1.54, 1.807) is 19.1 Å². The van der Waals surface area contributed by atoms with Crippen molar-refractivity contribution in [3.05, 3.63) is 30.3 Å². The van der Waals surface area contributed by atoms with E-state index in [0.29, 0.717) is 5.75 Å². The fourth-order valence-electron chi connectivity index (χ4n) is 1.06. The van der Waals surface area contributed by atoms with Gasteiger partial charge in [0, 0.05) is 0 Å². The minimum absolute atomic E-state index is 0.205. The smallest absolute Gasteiger partial charge is 0.264 e. The van der Waals surface area contributed by atoms with Crippen molar-refractivity contribution >= 4 is 10.1 Å². The Morgan fingerprint density at radius 1 is 1.27 bits per heavy atom. The zero-order chi connectivity index (χ0) is 11.3. The quantitative estimate of drug-likeness (QED) is 0.718. The molecule has 1 atom stereocenters. The van der Waals surface area contributed by atoms with Gasteiger partial charge in [0.1, 0.15) is 18.5 Å². The Labute approximate surface area is 90.0 Å². The number of para-hydroxylation sites is 1. The molecule has 1 aromatic carbocycles. The molecule has 0 aliphatic heterocycles. The minimum Gasteiger partial charge on any atom is -0.491 e. The number of hydrogen-bond donors (Lipinski definition) is 0. The number of hydrogen-bond acceptors (Lipinski definition) is 4. The van der Waals surface area contributed by atoms with E-state index in [1.165, 1.54) is 0 Å². The summed E-state index contributed by atoms with van der Waals surface area (Å²) in [6.07, 6.45) is 0.534. The van der Waals surface area contributed by atoms with Crippen LogP contribution >= 0.6 is 0 Å². The van der Waals surface area contributed by atoms with Gasteiger partial charge in [-0.25, -0.2) is 0 Å². The van der Waals surface area contributed by atoms with Gasteiger partial charge in [-0.05, 0) is 19.1 Å². The van der Waals surface area contributed by atoms with E-state index in [0.717, 1.165) is 6.26 Å². The summed E-state index contributed by atoms with van der Waals surface area (Å²) < 4.78 is 31.6. The summed E-state index contributed by atoms with van der Waals surface area (Å²) in [5, 5.41) is 0. The van der Waals surface area contributed by atoms with Crippen LogP contribution in [-0.2, 0) is 14.3 Å². The van der Waals surface area contributed by atoms with Gasteiger partial charge < -0.3 is 4.74 Å². The predicted octanol–water partition coefficient (Wildman–Crippen LogP) is 1.43. The van der Waals surface area contributed by atoms with Crippen molar-refractivity contribution in [3.63, 3.8) is 0 Å². The SMILES string of the molecule is CC(COc1ccccc1)OS(C)(=O)=O. The van der Waals surface area contributed by atoms with Crippen molar-refractivity contribution in [1.29, 1.82) is 0 Å². The highest BCUT2D eigenvalue weighted by Crippen LogP contribution is 2.09. The van der Waals surface area contributed by atoms with Gasteiger partial charge in [0.25, 0.3) is 10.1 Å². The summed E-state index contributed by atoms with van der Waals surface area (Å²) in [7, 11) is -3.41. The van der Waals surface area contributed by atoms with E-state index in [-0.39, 0.29) is 6.61 Å². The second-order valence-electron chi connectivity index (χ2n) is 3.24. The molecule has 0 spiro atoms. The van der Waals surface area contributed by atoms with Crippen molar-refractivity contribution < 1.29 is 17.3 Å². The van der Waals surface area contributed by atoms with Gasteiger partial charge in [-0.1, -0.05) is 18.2 Å².